The molecule has 2 heterocycles. The number of rotatable bonds is 3. The van der Waals surface area contributed by atoms with Gasteiger partial charge in [0.15, 0.2) is 0 Å². The van der Waals surface area contributed by atoms with Crippen LogP contribution in [0, 0.1) is 6.92 Å². The van der Waals surface area contributed by atoms with Gasteiger partial charge in [-0.3, -0.25) is 4.90 Å². The van der Waals surface area contributed by atoms with Crippen LogP contribution in [0.4, 0.5) is 0 Å². The van der Waals surface area contributed by atoms with Crippen LogP contribution in [0.25, 0.3) is 11.3 Å². The fourth-order valence-electron chi connectivity index (χ4n) is 2.98. The lowest BCUT2D eigenvalue weighted by molar-refractivity contribution is 0.0697. The lowest BCUT2D eigenvalue weighted by atomic mass is 10.1. The second kappa shape index (κ2) is 5.85. The third-order valence-electron chi connectivity index (χ3n) is 4.15. The van der Waals surface area contributed by atoms with Crippen molar-refractivity contribution in [1.29, 1.82) is 0 Å². The number of aromatic nitrogens is 2. The van der Waals surface area contributed by atoms with Crippen molar-refractivity contribution in [3.63, 3.8) is 0 Å². The predicted octanol–water partition coefficient (Wildman–Crippen LogP) is 2.92. The van der Waals surface area contributed by atoms with Gasteiger partial charge in [0.05, 0.1) is 23.0 Å². The molecule has 1 aromatic carbocycles. The van der Waals surface area contributed by atoms with Gasteiger partial charge in [0, 0.05) is 5.56 Å². The normalized spacial score (nSPS) is 18.5. The quantitative estimate of drug-likeness (QED) is 0.943. The summed E-state index contributed by atoms with van der Waals surface area (Å²) in [7, 11) is 2.12. The van der Waals surface area contributed by atoms with Crippen LogP contribution in [0.5, 0.6) is 0 Å². The monoisotopic (exact) mass is 297 g/mol. The van der Waals surface area contributed by atoms with Gasteiger partial charge in [-0.1, -0.05) is 12.1 Å². The number of nitrogens with zero attached hydrogens (tertiary/aromatic N) is 3. The Kier molecular flexibility index (Phi) is 3.90. The van der Waals surface area contributed by atoms with Crippen LogP contribution in [0.15, 0.2) is 30.3 Å². The Morgan fingerprint density at radius 1 is 1.27 bits per heavy atom. The molecular weight excluding hydrogens is 278 g/mol. The van der Waals surface area contributed by atoms with E-state index in [0.717, 1.165) is 35.7 Å². The van der Waals surface area contributed by atoms with E-state index in [-0.39, 0.29) is 5.56 Å². The van der Waals surface area contributed by atoms with E-state index in [4.69, 9.17) is 5.11 Å². The summed E-state index contributed by atoms with van der Waals surface area (Å²) in [6.07, 6.45) is 2.30. The minimum Gasteiger partial charge on any atom is -0.478 e. The maximum atomic E-state index is 10.9. The highest BCUT2D eigenvalue weighted by Gasteiger charge is 2.24. The molecule has 1 aliphatic rings. The number of likely N-dealkylation sites (tertiary alicyclic amines) is 1. The zero-order chi connectivity index (χ0) is 15.7. The van der Waals surface area contributed by atoms with Crippen molar-refractivity contribution >= 4 is 5.97 Å². The van der Waals surface area contributed by atoms with Gasteiger partial charge < -0.3 is 5.11 Å². The van der Waals surface area contributed by atoms with E-state index in [1.807, 2.05) is 13.0 Å². The topological polar surface area (TPSA) is 66.3 Å². The average molecular weight is 297 g/mol. The van der Waals surface area contributed by atoms with Gasteiger partial charge in [0.1, 0.15) is 5.82 Å². The van der Waals surface area contributed by atoms with Crippen LogP contribution < -0.4 is 0 Å². The van der Waals surface area contributed by atoms with Crippen molar-refractivity contribution in [3.8, 4) is 11.3 Å². The zero-order valence-corrected chi connectivity index (χ0v) is 12.8. The SMILES string of the molecule is Cc1nc(-c2ccc(C(=O)O)cc2)cc([C@H]2CCCN2C)n1. The van der Waals surface area contributed by atoms with Gasteiger partial charge in [-0.15, -0.1) is 0 Å². The smallest absolute Gasteiger partial charge is 0.335 e. The van der Waals surface area contributed by atoms with Crippen LogP contribution in [0.2, 0.25) is 0 Å². The molecule has 0 aliphatic carbocycles. The standard InChI is InChI=1S/C17H19N3O2/c1-11-18-14(12-5-7-13(8-6-12)17(21)22)10-15(19-11)16-4-3-9-20(16)2/h5-8,10,16H,3-4,9H2,1-2H3,(H,21,22)/t16-/m1/s1. The minimum atomic E-state index is -0.918. The molecule has 2 aromatic rings. The predicted molar refractivity (Wildman–Crippen MR) is 83.8 cm³/mol. The number of carboxylic acids is 1. The van der Waals surface area contributed by atoms with Crippen LogP contribution in [0.3, 0.4) is 0 Å². The maximum absolute atomic E-state index is 10.9. The number of aryl methyl sites for hydroxylation is 1. The Hall–Kier alpha value is -2.27. The molecule has 0 radical (unpaired) electrons. The van der Waals surface area contributed by atoms with Crippen LogP contribution in [-0.4, -0.2) is 39.5 Å². The highest BCUT2D eigenvalue weighted by Crippen LogP contribution is 2.31. The molecular formula is C17H19N3O2. The molecule has 5 heteroatoms. The van der Waals surface area contributed by atoms with Gasteiger partial charge >= 0.3 is 5.97 Å². The third-order valence-corrected chi connectivity index (χ3v) is 4.15. The zero-order valence-electron chi connectivity index (χ0n) is 12.8. The second-order valence-electron chi connectivity index (χ2n) is 5.75. The number of carboxylic acid groups (broad SMARTS) is 1. The molecule has 1 aromatic heterocycles. The number of aromatic carboxylic acids is 1. The minimum absolute atomic E-state index is 0.283. The van der Waals surface area contributed by atoms with Gasteiger partial charge in [0.25, 0.3) is 0 Å². The first-order valence-electron chi connectivity index (χ1n) is 7.44. The van der Waals surface area contributed by atoms with Gasteiger partial charge in [-0.25, -0.2) is 14.8 Å². The van der Waals surface area contributed by atoms with Crippen molar-refractivity contribution in [2.45, 2.75) is 25.8 Å². The molecule has 1 aliphatic heterocycles. The molecule has 0 spiro atoms. The Morgan fingerprint density at radius 3 is 2.59 bits per heavy atom. The van der Waals surface area contributed by atoms with E-state index in [0.29, 0.717) is 6.04 Å². The highest BCUT2D eigenvalue weighted by atomic mass is 16.4. The van der Waals surface area contributed by atoms with E-state index >= 15 is 0 Å². The largest absolute Gasteiger partial charge is 0.478 e. The molecule has 0 unspecified atom stereocenters. The van der Waals surface area contributed by atoms with E-state index in [1.54, 1.807) is 24.3 Å². The maximum Gasteiger partial charge on any atom is 0.335 e. The summed E-state index contributed by atoms with van der Waals surface area (Å²) in [6, 6.07) is 9.18. The number of carbonyl (C=O) groups is 1. The Balaban J connectivity index is 1.96. The molecule has 1 atom stereocenters. The van der Waals surface area contributed by atoms with Crippen molar-refractivity contribution in [2.24, 2.45) is 0 Å². The van der Waals surface area contributed by atoms with E-state index in [2.05, 4.69) is 21.9 Å². The third kappa shape index (κ3) is 2.85. The summed E-state index contributed by atoms with van der Waals surface area (Å²) in [6.45, 7) is 2.99. The van der Waals surface area contributed by atoms with Crippen molar-refractivity contribution in [1.82, 2.24) is 14.9 Å². The molecule has 1 N–H and O–H groups in total. The molecule has 3 rings (SSSR count). The Bertz CT molecular complexity index is 698. The van der Waals surface area contributed by atoms with Crippen LogP contribution in [-0.2, 0) is 0 Å². The fourth-order valence-corrected chi connectivity index (χ4v) is 2.98. The summed E-state index contributed by atoms with van der Waals surface area (Å²) in [5, 5.41) is 8.98. The highest BCUT2D eigenvalue weighted by molar-refractivity contribution is 5.88. The molecule has 5 nitrogen and oxygen atoms in total. The molecule has 0 amide bonds. The van der Waals surface area contributed by atoms with E-state index in [1.165, 1.54) is 6.42 Å². The van der Waals surface area contributed by atoms with Crippen molar-refractivity contribution in [3.05, 3.63) is 47.4 Å². The Morgan fingerprint density at radius 2 is 2.00 bits per heavy atom. The summed E-state index contributed by atoms with van der Waals surface area (Å²) in [5.74, 6) is -0.172. The van der Waals surface area contributed by atoms with E-state index in [9.17, 15) is 4.79 Å². The first kappa shape index (κ1) is 14.7. The lowest BCUT2D eigenvalue weighted by Crippen LogP contribution is -2.19. The van der Waals surface area contributed by atoms with E-state index < -0.39 is 5.97 Å². The molecule has 0 saturated carbocycles. The van der Waals surface area contributed by atoms with Gasteiger partial charge in [-0.05, 0) is 51.6 Å². The number of hydrogen-bond donors (Lipinski definition) is 1. The average Bonchev–Trinajstić information content (AvgIpc) is 2.93. The van der Waals surface area contributed by atoms with Crippen LogP contribution >= 0.6 is 0 Å². The summed E-state index contributed by atoms with van der Waals surface area (Å²) < 4.78 is 0. The second-order valence-corrected chi connectivity index (χ2v) is 5.75. The molecule has 1 saturated heterocycles. The molecule has 0 bridgehead atoms. The lowest BCUT2D eigenvalue weighted by Gasteiger charge is -2.19. The molecule has 1 fully saturated rings. The molecule has 114 valence electrons. The Labute approximate surface area is 129 Å². The summed E-state index contributed by atoms with van der Waals surface area (Å²) in [5.41, 5.74) is 3.09. The van der Waals surface area contributed by atoms with Gasteiger partial charge in [-0.2, -0.15) is 0 Å². The summed E-state index contributed by atoms with van der Waals surface area (Å²) in [4.78, 5) is 22.3. The number of benzene rings is 1. The molecule has 22 heavy (non-hydrogen) atoms. The first-order valence-corrected chi connectivity index (χ1v) is 7.44. The van der Waals surface area contributed by atoms with Crippen molar-refractivity contribution < 1.29 is 9.90 Å². The van der Waals surface area contributed by atoms with Gasteiger partial charge in [0.2, 0.25) is 0 Å². The number of hydrogen-bond acceptors (Lipinski definition) is 4. The summed E-state index contributed by atoms with van der Waals surface area (Å²) >= 11 is 0. The first-order chi connectivity index (χ1) is 10.5. The van der Waals surface area contributed by atoms with Crippen LogP contribution in [0.1, 0.15) is 40.8 Å². The van der Waals surface area contributed by atoms with Crippen molar-refractivity contribution in [2.75, 3.05) is 13.6 Å². The fraction of sp³-hybridized carbons (Fsp3) is 0.353.